The lowest BCUT2D eigenvalue weighted by Gasteiger charge is -2.18. The molecule has 0 aliphatic carbocycles. The molecule has 0 saturated heterocycles. The second kappa shape index (κ2) is 8.60. The van der Waals surface area contributed by atoms with Crippen LogP contribution in [-0.4, -0.2) is 56.2 Å². The summed E-state index contributed by atoms with van der Waals surface area (Å²) in [5.41, 5.74) is 0. The Morgan fingerprint density at radius 1 is 1.26 bits per heavy atom. The molecule has 8 heteroatoms. The first-order valence-corrected chi connectivity index (χ1v) is 6.13. The van der Waals surface area contributed by atoms with Crippen LogP contribution in [0.5, 0.6) is 0 Å². The van der Waals surface area contributed by atoms with E-state index < -0.39 is 18.6 Å². The van der Waals surface area contributed by atoms with E-state index in [0.717, 1.165) is 13.5 Å². The summed E-state index contributed by atoms with van der Waals surface area (Å²) in [6.07, 6.45) is -3.51. The number of hydrogen-bond donors (Lipinski definition) is 2. The predicted octanol–water partition coefficient (Wildman–Crippen LogP) is 0.972. The molecule has 0 bridgehead atoms. The summed E-state index contributed by atoms with van der Waals surface area (Å²) in [6.45, 7) is 3.55. The van der Waals surface area contributed by atoms with E-state index in [1.807, 2.05) is 13.8 Å². The van der Waals surface area contributed by atoms with Crippen molar-refractivity contribution < 1.29 is 18.0 Å². The van der Waals surface area contributed by atoms with Crippen LogP contribution >= 0.6 is 0 Å². The number of carbonyl (C=O) groups is 1. The van der Waals surface area contributed by atoms with Crippen LogP contribution in [0.3, 0.4) is 0 Å². The monoisotopic (exact) mass is 282 g/mol. The van der Waals surface area contributed by atoms with Gasteiger partial charge in [-0.25, -0.2) is 4.99 Å². The van der Waals surface area contributed by atoms with Crippen molar-refractivity contribution in [2.24, 2.45) is 4.99 Å². The molecular formula is C11H21F3N4O. The Kier molecular flexibility index (Phi) is 7.94. The fraction of sp³-hybridized carbons (Fsp3) is 0.818. The Balaban J connectivity index is 4.34. The van der Waals surface area contributed by atoms with E-state index in [0.29, 0.717) is 23.9 Å². The maximum absolute atomic E-state index is 12.1. The standard InChI is InChI=1S/C11H21F3N4O/c1-4-6-16-10(15-5-2)17-7-9(19)18(3)8-11(12,13)14/h4-8H2,1-3H3,(H2,15,16,17). The lowest BCUT2D eigenvalue weighted by Crippen LogP contribution is -2.40. The Morgan fingerprint density at radius 2 is 1.89 bits per heavy atom. The third-order valence-electron chi connectivity index (χ3n) is 2.10. The van der Waals surface area contributed by atoms with Crippen molar-refractivity contribution in [1.29, 1.82) is 0 Å². The van der Waals surface area contributed by atoms with Crippen molar-refractivity contribution in [3.63, 3.8) is 0 Å². The van der Waals surface area contributed by atoms with Crippen LogP contribution < -0.4 is 10.6 Å². The molecule has 1 amide bonds. The largest absolute Gasteiger partial charge is 0.406 e. The first-order chi connectivity index (χ1) is 8.80. The van der Waals surface area contributed by atoms with Gasteiger partial charge in [-0.1, -0.05) is 6.92 Å². The van der Waals surface area contributed by atoms with Gasteiger partial charge in [0, 0.05) is 20.1 Å². The number of halogens is 3. The average molecular weight is 282 g/mol. The van der Waals surface area contributed by atoms with Crippen LogP contribution in [0.15, 0.2) is 4.99 Å². The van der Waals surface area contributed by atoms with Crippen molar-refractivity contribution >= 4 is 11.9 Å². The van der Waals surface area contributed by atoms with Gasteiger partial charge in [-0.15, -0.1) is 0 Å². The van der Waals surface area contributed by atoms with E-state index in [2.05, 4.69) is 15.6 Å². The molecule has 0 aliphatic heterocycles. The van der Waals surface area contributed by atoms with Crippen molar-refractivity contribution in [3.05, 3.63) is 0 Å². The van der Waals surface area contributed by atoms with Gasteiger partial charge in [-0.05, 0) is 13.3 Å². The summed E-state index contributed by atoms with van der Waals surface area (Å²) in [7, 11) is 1.11. The molecule has 0 rings (SSSR count). The van der Waals surface area contributed by atoms with Crippen LogP contribution in [0.4, 0.5) is 13.2 Å². The van der Waals surface area contributed by atoms with Crippen molar-refractivity contribution in [2.75, 3.05) is 33.2 Å². The molecule has 0 aromatic heterocycles. The summed E-state index contributed by atoms with van der Waals surface area (Å²) in [5.74, 6) is -0.246. The molecule has 0 fully saturated rings. The number of alkyl halides is 3. The van der Waals surface area contributed by atoms with E-state index in [-0.39, 0.29) is 6.54 Å². The molecule has 2 N–H and O–H groups in total. The highest BCUT2D eigenvalue weighted by molar-refractivity contribution is 5.84. The highest BCUT2D eigenvalue weighted by Crippen LogP contribution is 2.15. The topological polar surface area (TPSA) is 56.7 Å². The van der Waals surface area contributed by atoms with Gasteiger partial charge in [0.1, 0.15) is 13.1 Å². The highest BCUT2D eigenvalue weighted by Gasteiger charge is 2.30. The molecule has 0 unspecified atom stereocenters. The first-order valence-electron chi connectivity index (χ1n) is 6.13. The van der Waals surface area contributed by atoms with E-state index in [4.69, 9.17) is 0 Å². The summed E-state index contributed by atoms with van der Waals surface area (Å²) in [6, 6.07) is 0. The number of carbonyl (C=O) groups excluding carboxylic acids is 1. The summed E-state index contributed by atoms with van der Waals surface area (Å²) >= 11 is 0. The second-order valence-electron chi connectivity index (χ2n) is 3.99. The number of rotatable bonds is 6. The number of nitrogens with zero attached hydrogens (tertiary/aromatic N) is 2. The molecule has 0 atom stereocenters. The predicted molar refractivity (Wildman–Crippen MR) is 68.0 cm³/mol. The number of hydrogen-bond acceptors (Lipinski definition) is 2. The number of aliphatic imine (C=N–C) groups is 1. The van der Waals surface area contributed by atoms with Crippen LogP contribution in [0.25, 0.3) is 0 Å². The van der Waals surface area contributed by atoms with Crippen LogP contribution in [0.1, 0.15) is 20.3 Å². The minimum absolute atomic E-state index is 0.314. The molecule has 5 nitrogen and oxygen atoms in total. The summed E-state index contributed by atoms with van der Waals surface area (Å²) in [4.78, 5) is 16.0. The van der Waals surface area contributed by atoms with Gasteiger partial charge in [-0.3, -0.25) is 4.79 Å². The van der Waals surface area contributed by atoms with Gasteiger partial charge in [-0.2, -0.15) is 13.2 Å². The van der Waals surface area contributed by atoms with E-state index >= 15 is 0 Å². The molecule has 112 valence electrons. The van der Waals surface area contributed by atoms with Crippen molar-refractivity contribution in [1.82, 2.24) is 15.5 Å². The van der Waals surface area contributed by atoms with E-state index in [1.54, 1.807) is 0 Å². The molecule has 0 aliphatic rings. The quantitative estimate of drug-likeness (QED) is 0.564. The molecule has 0 heterocycles. The zero-order chi connectivity index (χ0) is 14.9. The average Bonchev–Trinajstić information content (AvgIpc) is 2.30. The molecule has 0 aromatic carbocycles. The number of guanidine groups is 1. The zero-order valence-electron chi connectivity index (χ0n) is 11.5. The number of nitrogens with one attached hydrogen (secondary N) is 2. The third kappa shape index (κ3) is 9.15. The molecular weight excluding hydrogens is 261 g/mol. The third-order valence-corrected chi connectivity index (χ3v) is 2.10. The minimum Gasteiger partial charge on any atom is -0.357 e. The molecule has 0 saturated carbocycles. The van der Waals surface area contributed by atoms with Gasteiger partial charge in [0.05, 0.1) is 0 Å². The summed E-state index contributed by atoms with van der Waals surface area (Å²) in [5, 5.41) is 5.86. The van der Waals surface area contributed by atoms with Crippen LogP contribution in [-0.2, 0) is 4.79 Å². The molecule has 0 aromatic rings. The normalized spacial score (nSPS) is 12.2. The Labute approximate surface area is 111 Å². The molecule has 0 spiro atoms. The fourth-order valence-electron chi connectivity index (χ4n) is 1.21. The lowest BCUT2D eigenvalue weighted by molar-refractivity contribution is -0.157. The second-order valence-corrected chi connectivity index (χ2v) is 3.99. The van der Waals surface area contributed by atoms with Crippen LogP contribution in [0.2, 0.25) is 0 Å². The van der Waals surface area contributed by atoms with E-state index in [1.165, 1.54) is 0 Å². The Bertz CT molecular complexity index is 305. The zero-order valence-corrected chi connectivity index (χ0v) is 11.5. The lowest BCUT2D eigenvalue weighted by atomic mass is 10.4. The van der Waals surface area contributed by atoms with Gasteiger partial charge in [0.15, 0.2) is 5.96 Å². The molecule has 0 radical (unpaired) electrons. The highest BCUT2D eigenvalue weighted by atomic mass is 19.4. The van der Waals surface area contributed by atoms with Gasteiger partial charge < -0.3 is 15.5 Å². The maximum atomic E-state index is 12.1. The fourth-order valence-corrected chi connectivity index (χ4v) is 1.21. The number of likely N-dealkylation sites (N-methyl/N-ethyl adjacent to an activating group) is 1. The van der Waals surface area contributed by atoms with Gasteiger partial charge >= 0.3 is 6.18 Å². The van der Waals surface area contributed by atoms with Gasteiger partial charge in [0.2, 0.25) is 5.91 Å². The van der Waals surface area contributed by atoms with Crippen LogP contribution in [0, 0.1) is 0 Å². The maximum Gasteiger partial charge on any atom is 0.406 e. The Morgan fingerprint density at radius 3 is 2.37 bits per heavy atom. The number of amides is 1. The smallest absolute Gasteiger partial charge is 0.357 e. The van der Waals surface area contributed by atoms with Crippen molar-refractivity contribution in [3.8, 4) is 0 Å². The SMILES string of the molecule is CCCNC(=NCC(=O)N(C)CC(F)(F)F)NCC. The van der Waals surface area contributed by atoms with E-state index in [9.17, 15) is 18.0 Å². The molecule has 19 heavy (non-hydrogen) atoms. The Hall–Kier alpha value is -1.47. The van der Waals surface area contributed by atoms with Crippen molar-refractivity contribution in [2.45, 2.75) is 26.4 Å². The van der Waals surface area contributed by atoms with Gasteiger partial charge in [0.25, 0.3) is 0 Å². The first kappa shape index (κ1) is 17.5. The summed E-state index contributed by atoms with van der Waals surface area (Å²) < 4.78 is 36.3. The minimum atomic E-state index is -4.39.